The third-order valence-electron chi connectivity index (χ3n) is 3.23. The van der Waals surface area contributed by atoms with Crippen molar-refractivity contribution in [2.75, 3.05) is 11.1 Å². The normalized spacial score (nSPS) is 20.9. The molecule has 0 spiro atoms. The van der Waals surface area contributed by atoms with Crippen LogP contribution in [0.3, 0.4) is 0 Å². The van der Waals surface area contributed by atoms with E-state index in [9.17, 15) is 13.2 Å². The largest absolute Gasteiger partial charge is 0.324 e. The molecular formula is C13H13BrN2O3S. The summed E-state index contributed by atoms with van der Waals surface area (Å²) < 4.78 is 24.5. The van der Waals surface area contributed by atoms with Crippen molar-refractivity contribution in [3.8, 4) is 6.07 Å². The van der Waals surface area contributed by atoms with E-state index in [4.69, 9.17) is 5.26 Å². The van der Waals surface area contributed by atoms with E-state index in [0.29, 0.717) is 24.1 Å². The maximum atomic E-state index is 12.1. The molecule has 1 atom stereocenters. The third-order valence-corrected chi connectivity index (χ3v) is 5.90. The molecule has 0 saturated carbocycles. The first-order valence-electron chi connectivity index (χ1n) is 6.16. The van der Waals surface area contributed by atoms with Crippen LogP contribution in [0.4, 0.5) is 5.69 Å². The molecule has 106 valence electrons. The van der Waals surface area contributed by atoms with Gasteiger partial charge in [-0.2, -0.15) is 5.26 Å². The zero-order valence-electron chi connectivity index (χ0n) is 10.6. The van der Waals surface area contributed by atoms with Crippen molar-refractivity contribution in [3.05, 3.63) is 28.2 Å². The lowest BCUT2D eigenvalue weighted by Crippen LogP contribution is -2.39. The van der Waals surface area contributed by atoms with Crippen molar-refractivity contribution in [1.29, 1.82) is 5.26 Å². The van der Waals surface area contributed by atoms with Crippen LogP contribution in [0.5, 0.6) is 0 Å². The van der Waals surface area contributed by atoms with Crippen molar-refractivity contribution >= 4 is 37.4 Å². The number of carbonyl (C=O) groups excluding carboxylic acids is 1. The number of hydrogen-bond acceptors (Lipinski definition) is 4. The number of sulfone groups is 1. The minimum atomic E-state index is -3.37. The van der Waals surface area contributed by atoms with Gasteiger partial charge in [-0.1, -0.05) is 22.4 Å². The number of hydrogen-bond donors (Lipinski definition) is 1. The molecule has 1 aliphatic rings. The van der Waals surface area contributed by atoms with E-state index >= 15 is 0 Å². The lowest BCUT2D eigenvalue weighted by atomic mass is 10.1. The predicted octanol–water partition coefficient (Wildman–Crippen LogP) is 2.23. The number of nitriles is 1. The number of nitrogens with one attached hydrogen (secondary N) is 1. The van der Waals surface area contributed by atoms with Crippen LogP contribution in [0, 0.1) is 11.3 Å². The molecule has 5 nitrogen and oxygen atoms in total. The molecule has 2 rings (SSSR count). The van der Waals surface area contributed by atoms with Gasteiger partial charge < -0.3 is 5.32 Å². The molecule has 0 radical (unpaired) electrons. The fraction of sp³-hybridized carbons (Fsp3) is 0.385. The molecule has 1 aromatic rings. The average molecular weight is 357 g/mol. The standard InChI is InChI=1S/C13H13BrN2O3S/c14-10-4-5-11(9(7-10)8-15)16-13(17)12-3-1-2-6-20(12,18)19/h4-5,7,12H,1-3,6H2,(H,16,17). The number of amides is 1. The second-order valence-corrected chi connectivity index (χ2v) is 7.86. The molecule has 20 heavy (non-hydrogen) atoms. The Morgan fingerprint density at radius 2 is 2.15 bits per heavy atom. The molecule has 0 bridgehead atoms. The van der Waals surface area contributed by atoms with Crippen molar-refractivity contribution in [2.45, 2.75) is 24.5 Å². The summed E-state index contributed by atoms with van der Waals surface area (Å²) in [6.07, 6.45) is 1.67. The molecular weight excluding hydrogens is 344 g/mol. The first-order valence-corrected chi connectivity index (χ1v) is 8.67. The van der Waals surface area contributed by atoms with Gasteiger partial charge in [0.2, 0.25) is 5.91 Å². The van der Waals surface area contributed by atoms with Crippen LogP contribution in [0.25, 0.3) is 0 Å². The molecule has 1 aliphatic heterocycles. The lowest BCUT2D eigenvalue weighted by molar-refractivity contribution is -0.116. The van der Waals surface area contributed by atoms with Gasteiger partial charge in [0.25, 0.3) is 0 Å². The van der Waals surface area contributed by atoms with Crippen LogP contribution in [0.2, 0.25) is 0 Å². The van der Waals surface area contributed by atoms with Gasteiger partial charge in [0, 0.05) is 4.47 Å². The predicted molar refractivity (Wildman–Crippen MR) is 78.9 cm³/mol. The van der Waals surface area contributed by atoms with E-state index in [-0.39, 0.29) is 5.75 Å². The zero-order chi connectivity index (χ0) is 14.8. The quantitative estimate of drug-likeness (QED) is 0.879. The highest BCUT2D eigenvalue weighted by Gasteiger charge is 2.35. The second kappa shape index (κ2) is 5.94. The molecule has 1 fully saturated rings. The fourth-order valence-electron chi connectivity index (χ4n) is 2.18. The Morgan fingerprint density at radius 3 is 2.80 bits per heavy atom. The van der Waals surface area contributed by atoms with Gasteiger partial charge >= 0.3 is 0 Å². The Kier molecular flexibility index (Phi) is 4.45. The van der Waals surface area contributed by atoms with E-state index < -0.39 is 21.0 Å². The van der Waals surface area contributed by atoms with E-state index in [2.05, 4.69) is 21.2 Å². The maximum absolute atomic E-state index is 12.1. The zero-order valence-corrected chi connectivity index (χ0v) is 13.0. The first kappa shape index (κ1) is 15.0. The number of halogens is 1. The Balaban J connectivity index is 2.22. The van der Waals surface area contributed by atoms with E-state index in [0.717, 1.165) is 10.9 Å². The molecule has 7 heteroatoms. The van der Waals surface area contributed by atoms with Crippen LogP contribution in [-0.2, 0) is 14.6 Å². The van der Waals surface area contributed by atoms with Crippen molar-refractivity contribution in [2.24, 2.45) is 0 Å². The van der Waals surface area contributed by atoms with Crippen molar-refractivity contribution < 1.29 is 13.2 Å². The minimum Gasteiger partial charge on any atom is -0.324 e. The average Bonchev–Trinajstić information content (AvgIpc) is 2.40. The molecule has 1 N–H and O–H groups in total. The molecule has 1 unspecified atom stereocenters. The van der Waals surface area contributed by atoms with Gasteiger partial charge in [-0.3, -0.25) is 4.79 Å². The van der Waals surface area contributed by atoms with Gasteiger partial charge in [-0.05, 0) is 31.0 Å². The summed E-state index contributed by atoms with van der Waals surface area (Å²) in [7, 11) is -3.37. The fourth-order valence-corrected chi connectivity index (χ4v) is 4.34. The van der Waals surface area contributed by atoms with Crippen LogP contribution in [0.1, 0.15) is 24.8 Å². The molecule has 1 saturated heterocycles. The molecule has 1 heterocycles. The Labute approximate surface area is 126 Å². The Hall–Kier alpha value is -1.39. The SMILES string of the molecule is N#Cc1cc(Br)ccc1NC(=O)C1CCCCS1(=O)=O. The number of benzene rings is 1. The van der Waals surface area contributed by atoms with Gasteiger partial charge in [0.15, 0.2) is 9.84 Å². The summed E-state index contributed by atoms with van der Waals surface area (Å²) in [4.78, 5) is 12.1. The monoisotopic (exact) mass is 356 g/mol. The van der Waals surface area contributed by atoms with Crippen LogP contribution in [0.15, 0.2) is 22.7 Å². The highest BCUT2D eigenvalue weighted by atomic mass is 79.9. The first-order chi connectivity index (χ1) is 9.44. The number of rotatable bonds is 2. The second-order valence-electron chi connectivity index (χ2n) is 4.64. The van der Waals surface area contributed by atoms with Crippen molar-refractivity contribution in [1.82, 2.24) is 0 Å². The Morgan fingerprint density at radius 1 is 1.40 bits per heavy atom. The highest BCUT2D eigenvalue weighted by molar-refractivity contribution is 9.10. The van der Waals surface area contributed by atoms with E-state index in [1.54, 1.807) is 18.2 Å². The number of nitrogens with zero attached hydrogens (tertiary/aromatic N) is 1. The summed E-state index contributed by atoms with van der Waals surface area (Å²) in [5.74, 6) is -0.500. The summed E-state index contributed by atoms with van der Waals surface area (Å²) >= 11 is 3.24. The van der Waals surface area contributed by atoms with Gasteiger partial charge in [-0.15, -0.1) is 0 Å². The van der Waals surface area contributed by atoms with Gasteiger partial charge in [0.05, 0.1) is 17.0 Å². The summed E-state index contributed by atoms with van der Waals surface area (Å²) in [5.41, 5.74) is 0.627. The topological polar surface area (TPSA) is 87.0 Å². The van der Waals surface area contributed by atoms with Gasteiger partial charge in [-0.25, -0.2) is 8.42 Å². The van der Waals surface area contributed by atoms with Crippen LogP contribution in [-0.4, -0.2) is 25.3 Å². The molecule has 0 aliphatic carbocycles. The van der Waals surface area contributed by atoms with Crippen LogP contribution >= 0.6 is 15.9 Å². The third kappa shape index (κ3) is 3.19. The van der Waals surface area contributed by atoms with E-state index in [1.807, 2.05) is 6.07 Å². The summed E-state index contributed by atoms with van der Waals surface area (Å²) in [5, 5.41) is 10.6. The highest BCUT2D eigenvalue weighted by Crippen LogP contribution is 2.24. The summed E-state index contributed by atoms with van der Waals surface area (Å²) in [6, 6.07) is 6.81. The minimum absolute atomic E-state index is 0.0521. The van der Waals surface area contributed by atoms with Gasteiger partial charge in [0.1, 0.15) is 11.3 Å². The summed E-state index contributed by atoms with van der Waals surface area (Å²) in [6.45, 7) is 0. The van der Waals surface area contributed by atoms with Crippen LogP contribution < -0.4 is 5.32 Å². The maximum Gasteiger partial charge on any atom is 0.242 e. The molecule has 0 aromatic heterocycles. The van der Waals surface area contributed by atoms with Crippen molar-refractivity contribution in [3.63, 3.8) is 0 Å². The molecule has 1 amide bonds. The Bertz CT molecular complexity index is 679. The van der Waals surface area contributed by atoms with E-state index in [1.165, 1.54) is 0 Å². The smallest absolute Gasteiger partial charge is 0.242 e. The number of carbonyl (C=O) groups is 1. The lowest BCUT2D eigenvalue weighted by Gasteiger charge is -2.21. The molecule has 1 aromatic carbocycles. The number of anilines is 1.